The minimum Gasteiger partial charge on any atom is -0.345 e. The lowest BCUT2D eigenvalue weighted by Gasteiger charge is -2.12. The summed E-state index contributed by atoms with van der Waals surface area (Å²) in [4.78, 5) is 25.6. The SMILES string of the molecule is CC(C)c1ccc(NC(=O)Nc2cccc(C(=O)N(C)C)c2)cc1. The zero-order valence-corrected chi connectivity index (χ0v) is 14.5. The molecular formula is C19H23N3O2. The molecule has 0 saturated carbocycles. The lowest BCUT2D eigenvalue weighted by Crippen LogP contribution is -2.22. The maximum absolute atomic E-state index is 12.1. The molecule has 24 heavy (non-hydrogen) atoms. The van der Waals surface area contributed by atoms with Crippen LogP contribution in [0.15, 0.2) is 48.5 Å². The molecule has 0 atom stereocenters. The summed E-state index contributed by atoms with van der Waals surface area (Å²) in [7, 11) is 3.38. The lowest BCUT2D eigenvalue weighted by molar-refractivity contribution is 0.0827. The minimum atomic E-state index is -0.346. The monoisotopic (exact) mass is 325 g/mol. The number of nitrogens with zero attached hydrogens (tertiary/aromatic N) is 1. The summed E-state index contributed by atoms with van der Waals surface area (Å²) in [5.74, 6) is 0.341. The molecular weight excluding hydrogens is 302 g/mol. The summed E-state index contributed by atoms with van der Waals surface area (Å²) < 4.78 is 0. The Morgan fingerprint density at radius 1 is 0.917 bits per heavy atom. The summed E-state index contributed by atoms with van der Waals surface area (Å²) in [6, 6.07) is 14.3. The average Bonchev–Trinajstić information content (AvgIpc) is 2.54. The van der Waals surface area contributed by atoms with E-state index < -0.39 is 0 Å². The van der Waals surface area contributed by atoms with Crippen LogP contribution < -0.4 is 10.6 Å². The molecule has 5 heteroatoms. The second-order valence-electron chi connectivity index (χ2n) is 6.14. The van der Waals surface area contributed by atoms with Gasteiger partial charge in [-0.15, -0.1) is 0 Å². The fraction of sp³-hybridized carbons (Fsp3) is 0.263. The molecule has 2 aromatic carbocycles. The Hall–Kier alpha value is -2.82. The van der Waals surface area contributed by atoms with Crippen LogP contribution in [0.4, 0.5) is 16.2 Å². The standard InChI is InChI=1S/C19H23N3O2/c1-13(2)14-8-10-16(11-9-14)20-19(24)21-17-7-5-6-15(12-17)18(23)22(3)4/h5-13H,1-4H3,(H2,20,21,24). The predicted octanol–water partition coefficient (Wildman–Crippen LogP) is 4.16. The minimum absolute atomic E-state index is 0.108. The summed E-state index contributed by atoms with van der Waals surface area (Å²) in [6.45, 7) is 4.24. The molecule has 126 valence electrons. The maximum atomic E-state index is 12.1. The molecule has 0 spiro atoms. The lowest BCUT2D eigenvalue weighted by atomic mass is 10.0. The fourth-order valence-electron chi connectivity index (χ4n) is 2.23. The number of urea groups is 1. The number of amides is 3. The number of nitrogens with one attached hydrogen (secondary N) is 2. The molecule has 0 bridgehead atoms. The number of hydrogen-bond donors (Lipinski definition) is 2. The molecule has 0 saturated heterocycles. The van der Waals surface area contributed by atoms with E-state index in [0.29, 0.717) is 17.2 Å². The van der Waals surface area contributed by atoms with Gasteiger partial charge in [0.25, 0.3) is 5.91 Å². The van der Waals surface area contributed by atoms with Crippen LogP contribution in [-0.2, 0) is 0 Å². The van der Waals surface area contributed by atoms with Crippen molar-refractivity contribution >= 4 is 23.3 Å². The predicted molar refractivity (Wildman–Crippen MR) is 97.6 cm³/mol. The largest absolute Gasteiger partial charge is 0.345 e. The number of carbonyl (C=O) groups is 2. The Morgan fingerprint density at radius 3 is 2.12 bits per heavy atom. The fourth-order valence-corrected chi connectivity index (χ4v) is 2.23. The highest BCUT2D eigenvalue weighted by Crippen LogP contribution is 2.18. The first-order valence-electron chi connectivity index (χ1n) is 7.86. The van der Waals surface area contributed by atoms with Gasteiger partial charge in [0, 0.05) is 31.0 Å². The third-order valence-corrected chi connectivity index (χ3v) is 3.61. The van der Waals surface area contributed by atoms with E-state index in [0.717, 1.165) is 5.69 Å². The van der Waals surface area contributed by atoms with Crippen LogP contribution in [-0.4, -0.2) is 30.9 Å². The third-order valence-electron chi connectivity index (χ3n) is 3.61. The molecule has 0 heterocycles. The van der Waals surface area contributed by atoms with Gasteiger partial charge < -0.3 is 15.5 Å². The first-order chi connectivity index (χ1) is 11.4. The van der Waals surface area contributed by atoms with Crippen LogP contribution in [0.3, 0.4) is 0 Å². The number of benzene rings is 2. The van der Waals surface area contributed by atoms with E-state index >= 15 is 0 Å². The molecule has 0 fully saturated rings. The Morgan fingerprint density at radius 2 is 1.54 bits per heavy atom. The van der Waals surface area contributed by atoms with Crippen LogP contribution in [0.5, 0.6) is 0 Å². The first kappa shape index (κ1) is 17.5. The van der Waals surface area contributed by atoms with Crippen LogP contribution in [0, 0.1) is 0 Å². The highest BCUT2D eigenvalue weighted by atomic mass is 16.2. The van der Waals surface area contributed by atoms with Crippen molar-refractivity contribution < 1.29 is 9.59 Å². The Labute approximate surface area is 142 Å². The molecule has 2 aromatic rings. The summed E-state index contributed by atoms with van der Waals surface area (Å²) in [6.07, 6.45) is 0. The van der Waals surface area contributed by atoms with Crippen LogP contribution >= 0.6 is 0 Å². The quantitative estimate of drug-likeness (QED) is 0.887. The van der Waals surface area contributed by atoms with Crippen LogP contribution in [0.1, 0.15) is 35.7 Å². The van der Waals surface area contributed by atoms with E-state index in [1.54, 1.807) is 38.4 Å². The molecule has 0 aliphatic heterocycles. The molecule has 2 rings (SSSR count). The van der Waals surface area contributed by atoms with Gasteiger partial charge in [0.2, 0.25) is 0 Å². The normalized spacial score (nSPS) is 10.4. The van der Waals surface area contributed by atoms with Gasteiger partial charge in [0.05, 0.1) is 0 Å². The average molecular weight is 325 g/mol. The molecule has 0 radical (unpaired) electrons. The molecule has 0 aromatic heterocycles. The highest BCUT2D eigenvalue weighted by molar-refractivity contribution is 6.01. The smallest absolute Gasteiger partial charge is 0.323 e. The van der Waals surface area contributed by atoms with E-state index in [4.69, 9.17) is 0 Å². The highest BCUT2D eigenvalue weighted by Gasteiger charge is 2.09. The summed E-state index contributed by atoms with van der Waals surface area (Å²) in [5.41, 5.74) is 3.03. The second kappa shape index (κ2) is 7.64. The van der Waals surface area contributed by atoms with Crippen molar-refractivity contribution in [3.63, 3.8) is 0 Å². The van der Waals surface area contributed by atoms with Gasteiger partial charge in [-0.05, 0) is 41.8 Å². The van der Waals surface area contributed by atoms with Crippen molar-refractivity contribution in [1.29, 1.82) is 0 Å². The van der Waals surface area contributed by atoms with E-state index in [-0.39, 0.29) is 11.9 Å². The van der Waals surface area contributed by atoms with Crippen molar-refractivity contribution in [2.75, 3.05) is 24.7 Å². The van der Waals surface area contributed by atoms with Gasteiger partial charge in [-0.2, -0.15) is 0 Å². The van der Waals surface area contributed by atoms with Gasteiger partial charge in [-0.25, -0.2) is 4.79 Å². The van der Waals surface area contributed by atoms with E-state index in [1.807, 2.05) is 24.3 Å². The number of anilines is 2. The molecule has 0 unspecified atom stereocenters. The Kier molecular flexibility index (Phi) is 5.58. The summed E-state index contributed by atoms with van der Waals surface area (Å²) in [5, 5.41) is 5.52. The molecule has 0 aliphatic rings. The van der Waals surface area contributed by atoms with Crippen LogP contribution in [0.2, 0.25) is 0 Å². The van der Waals surface area contributed by atoms with Crippen molar-refractivity contribution in [1.82, 2.24) is 4.90 Å². The zero-order chi connectivity index (χ0) is 17.7. The number of carbonyl (C=O) groups excluding carboxylic acids is 2. The van der Waals surface area contributed by atoms with Gasteiger partial charge in [0.15, 0.2) is 0 Å². The third kappa shape index (κ3) is 4.59. The van der Waals surface area contributed by atoms with E-state index in [9.17, 15) is 9.59 Å². The molecule has 3 amide bonds. The van der Waals surface area contributed by atoms with E-state index in [2.05, 4.69) is 24.5 Å². The second-order valence-corrected chi connectivity index (χ2v) is 6.14. The van der Waals surface area contributed by atoms with Crippen molar-refractivity contribution in [3.05, 3.63) is 59.7 Å². The Bertz CT molecular complexity index is 722. The summed E-state index contributed by atoms with van der Waals surface area (Å²) >= 11 is 0. The first-order valence-corrected chi connectivity index (χ1v) is 7.86. The molecule has 2 N–H and O–H groups in total. The van der Waals surface area contributed by atoms with Crippen molar-refractivity contribution in [2.24, 2.45) is 0 Å². The van der Waals surface area contributed by atoms with Crippen LogP contribution in [0.25, 0.3) is 0 Å². The van der Waals surface area contributed by atoms with Gasteiger partial charge in [-0.1, -0.05) is 32.0 Å². The number of rotatable bonds is 4. The van der Waals surface area contributed by atoms with Gasteiger partial charge >= 0.3 is 6.03 Å². The molecule has 5 nitrogen and oxygen atoms in total. The van der Waals surface area contributed by atoms with Crippen molar-refractivity contribution in [3.8, 4) is 0 Å². The van der Waals surface area contributed by atoms with E-state index in [1.165, 1.54) is 10.5 Å². The van der Waals surface area contributed by atoms with Gasteiger partial charge in [0.1, 0.15) is 0 Å². The van der Waals surface area contributed by atoms with Crippen molar-refractivity contribution in [2.45, 2.75) is 19.8 Å². The maximum Gasteiger partial charge on any atom is 0.323 e. The topological polar surface area (TPSA) is 61.4 Å². The molecule has 0 aliphatic carbocycles. The zero-order valence-electron chi connectivity index (χ0n) is 14.5. The van der Waals surface area contributed by atoms with Gasteiger partial charge in [-0.3, -0.25) is 4.79 Å². The number of hydrogen-bond acceptors (Lipinski definition) is 2. The Balaban J connectivity index is 2.02.